The summed E-state index contributed by atoms with van der Waals surface area (Å²) < 4.78 is 7.33. The van der Waals surface area contributed by atoms with Gasteiger partial charge in [-0.1, -0.05) is 48.0 Å². The fraction of sp³-hybridized carbons (Fsp3) is 0.125. The molecule has 0 spiro atoms. The molecule has 40 heavy (non-hydrogen) atoms. The molecule has 5 rings (SSSR count). The van der Waals surface area contributed by atoms with Gasteiger partial charge in [-0.3, -0.25) is 14.5 Å². The number of amides is 2. The van der Waals surface area contributed by atoms with E-state index in [4.69, 9.17) is 21.4 Å². The lowest BCUT2D eigenvalue weighted by Crippen LogP contribution is -2.42. The number of nitrogens with zero attached hydrogens (tertiary/aromatic N) is 4. The highest BCUT2D eigenvalue weighted by atomic mass is 35.5. The van der Waals surface area contributed by atoms with Gasteiger partial charge in [0, 0.05) is 27.9 Å². The van der Waals surface area contributed by atoms with Gasteiger partial charge in [0.15, 0.2) is 0 Å². The lowest BCUT2D eigenvalue weighted by atomic mass is 9.93. The van der Waals surface area contributed by atoms with Gasteiger partial charge in [0.05, 0.1) is 24.5 Å². The maximum atomic E-state index is 13.8. The number of benzene rings is 3. The number of ether oxygens (including phenoxy) is 1. The van der Waals surface area contributed by atoms with Crippen LogP contribution < -0.4 is 4.74 Å². The van der Waals surface area contributed by atoms with E-state index in [1.807, 2.05) is 73.8 Å². The number of hydrogen-bond acceptors (Lipinski definition) is 5. The first-order valence-electron chi connectivity index (χ1n) is 12.7. The Kier molecular flexibility index (Phi) is 7.63. The molecule has 2 heterocycles. The molecule has 0 bridgehead atoms. The molecule has 198 valence electrons. The highest BCUT2D eigenvalue weighted by molar-refractivity contribution is 6.31. The van der Waals surface area contributed by atoms with Crippen LogP contribution in [0, 0.1) is 11.3 Å². The Hall–Kier alpha value is -4.93. The van der Waals surface area contributed by atoms with Gasteiger partial charge in [-0.2, -0.15) is 10.4 Å². The van der Waals surface area contributed by atoms with Crippen LogP contribution in [0.1, 0.15) is 25.0 Å². The zero-order valence-corrected chi connectivity index (χ0v) is 22.7. The van der Waals surface area contributed by atoms with Crippen LogP contribution in [0.2, 0.25) is 5.02 Å². The molecule has 0 fully saturated rings. The zero-order chi connectivity index (χ0) is 28.2. The van der Waals surface area contributed by atoms with Crippen LogP contribution in [-0.4, -0.2) is 33.1 Å². The SMILES string of the molecule is CCOc1ccc(-c2nn(-c3ccccc3)cc2/C=C2/C(=O)N(Cc3ccccc3Cl)C(=O)C(C#N)=C2C)cc1. The third kappa shape index (κ3) is 5.18. The van der Waals surface area contributed by atoms with Crippen LogP contribution in [0.25, 0.3) is 23.0 Å². The van der Waals surface area contributed by atoms with Crippen molar-refractivity contribution in [3.63, 3.8) is 0 Å². The molecule has 0 radical (unpaired) electrons. The summed E-state index contributed by atoms with van der Waals surface area (Å²) in [4.78, 5) is 28.0. The summed E-state index contributed by atoms with van der Waals surface area (Å²) >= 11 is 6.32. The Balaban J connectivity index is 1.64. The summed E-state index contributed by atoms with van der Waals surface area (Å²) in [5, 5.41) is 15.1. The minimum atomic E-state index is -0.645. The first-order chi connectivity index (χ1) is 19.4. The van der Waals surface area contributed by atoms with Crippen molar-refractivity contribution >= 4 is 29.5 Å². The normalized spacial score (nSPS) is 14.6. The Morgan fingerprint density at radius 2 is 1.68 bits per heavy atom. The van der Waals surface area contributed by atoms with Crippen LogP contribution in [0.5, 0.6) is 5.75 Å². The zero-order valence-electron chi connectivity index (χ0n) is 22.0. The molecule has 0 unspecified atom stereocenters. The lowest BCUT2D eigenvalue weighted by molar-refractivity contribution is -0.141. The van der Waals surface area contributed by atoms with Gasteiger partial charge in [0.1, 0.15) is 17.4 Å². The average Bonchev–Trinajstić information content (AvgIpc) is 3.39. The summed E-state index contributed by atoms with van der Waals surface area (Å²) in [6.45, 7) is 4.04. The van der Waals surface area contributed by atoms with E-state index in [-0.39, 0.29) is 17.7 Å². The first kappa shape index (κ1) is 26.7. The fourth-order valence-corrected chi connectivity index (χ4v) is 4.73. The second-order valence-corrected chi connectivity index (χ2v) is 9.54. The third-order valence-electron chi connectivity index (χ3n) is 6.61. The molecule has 0 atom stereocenters. The molecule has 0 aliphatic carbocycles. The first-order valence-corrected chi connectivity index (χ1v) is 13.1. The van der Waals surface area contributed by atoms with Crippen LogP contribution in [0.15, 0.2) is 102 Å². The van der Waals surface area contributed by atoms with Gasteiger partial charge in [-0.05, 0) is 73.5 Å². The van der Waals surface area contributed by atoms with E-state index in [9.17, 15) is 14.9 Å². The molecule has 1 aliphatic rings. The van der Waals surface area contributed by atoms with Crippen LogP contribution >= 0.6 is 11.6 Å². The standard InChI is InChI=1S/C32H25ClN4O3/c1-3-40-26-15-13-22(14-16-26)30-24(20-37(35-30)25-10-5-4-6-11-25)17-27-21(2)28(18-34)32(39)36(31(27)38)19-23-9-7-8-12-29(23)33/h4-17,20H,3,19H2,1-2H3/b27-17+. The largest absolute Gasteiger partial charge is 0.494 e. The minimum absolute atomic E-state index is 0.0534. The summed E-state index contributed by atoms with van der Waals surface area (Å²) in [7, 11) is 0. The molecule has 2 amide bonds. The molecular weight excluding hydrogens is 524 g/mol. The Morgan fingerprint density at radius 3 is 2.35 bits per heavy atom. The summed E-state index contributed by atoms with van der Waals surface area (Å²) in [6, 6.07) is 26.2. The number of halogens is 1. The predicted octanol–water partition coefficient (Wildman–Crippen LogP) is 6.38. The molecular formula is C32H25ClN4O3. The molecule has 1 aliphatic heterocycles. The van der Waals surface area contributed by atoms with Crippen LogP contribution in [-0.2, 0) is 16.1 Å². The molecule has 7 nitrogen and oxygen atoms in total. The molecule has 3 aromatic carbocycles. The Bertz CT molecular complexity index is 1700. The number of imide groups is 1. The van der Waals surface area contributed by atoms with Gasteiger partial charge in [-0.25, -0.2) is 4.68 Å². The van der Waals surface area contributed by atoms with Gasteiger partial charge in [0.25, 0.3) is 11.8 Å². The van der Waals surface area contributed by atoms with E-state index in [0.29, 0.717) is 34.0 Å². The van der Waals surface area contributed by atoms with Crippen molar-refractivity contribution in [3.05, 3.63) is 118 Å². The van der Waals surface area contributed by atoms with Crippen molar-refractivity contribution in [1.29, 1.82) is 5.26 Å². The van der Waals surface area contributed by atoms with Gasteiger partial charge in [0.2, 0.25) is 0 Å². The Labute approximate surface area is 237 Å². The fourth-order valence-electron chi connectivity index (χ4n) is 4.53. The van der Waals surface area contributed by atoms with E-state index in [1.165, 1.54) is 0 Å². The van der Waals surface area contributed by atoms with E-state index in [2.05, 4.69) is 0 Å². The van der Waals surface area contributed by atoms with Crippen molar-refractivity contribution in [2.75, 3.05) is 6.61 Å². The smallest absolute Gasteiger partial charge is 0.271 e. The summed E-state index contributed by atoms with van der Waals surface area (Å²) in [6.07, 6.45) is 3.52. The number of nitriles is 1. The molecule has 0 N–H and O–H groups in total. The summed E-state index contributed by atoms with van der Waals surface area (Å²) in [5.74, 6) is -0.414. The highest BCUT2D eigenvalue weighted by Gasteiger charge is 2.36. The van der Waals surface area contributed by atoms with Crippen molar-refractivity contribution in [2.24, 2.45) is 0 Å². The maximum Gasteiger partial charge on any atom is 0.271 e. The molecule has 0 saturated heterocycles. The number of rotatable bonds is 7. The average molecular weight is 549 g/mol. The van der Waals surface area contributed by atoms with E-state index < -0.39 is 11.8 Å². The number of hydrogen-bond donors (Lipinski definition) is 0. The molecule has 8 heteroatoms. The Morgan fingerprint density at radius 1 is 0.975 bits per heavy atom. The highest BCUT2D eigenvalue weighted by Crippen LogP contribution is 2.33. The van der Waals surface area contributed by atoms with E-state index >= 15 is 0 Å². The van der Waals surface area contributed by atoms with Crippen LogP contribution in [0.3, 0.4) is 0 Å². The molecule has 0 saturated carbocycles. The number of aromatic nitrogens is 2. The topological polar surface area (TPSA) is 88.2 Å². The molecule has 4 aromatic rings. The van der Waals surface area contributed by atoms with Crippen molar-refractivity contribution in [3.8, 4) is 28.8 Å². The maximum absolute atomic E-state index is 13.8. The van der Waals surface area contributed by atoms with E-state index in [1.54, 1.807) is 41.9 Å². The van der Waals surface area contributed by atoms with Gasteiger partial charge >= 0.3 is 0 Å². The minimum Gasteiger partial charge on any atom is -0.494 e. The monoisotopic (exact) mass is 548 g/mol. The van der Waals surface area contributed by atoms with Gasteiger partial charge in [-0.15, -0.1) is 0 Å². The number of para-hydroxylation sites is 1. The van der Waals surface area contributed by atoms with Gasteiger partial charge < -0.3 is 4.74 Å². The predicted molar refractivity (Wildman–Crippen MR) is 153 cm³/mol. The quantitative estimate of drug-likeness (QED) is 0.197. The number of carbonyl (C=O) groups excluding carboxylic acids is 2. The number of carbonyl (C=O) groups is 2. The van der Waals surface area contributed by atoms with E-state index in [0.717, 1.165) is 21.9 Å². The summed E-state index contributed by atoms with van der Waals surface area (Å²) in [5.41, 5.74) is 4.02. The second kappa shape index (κ2) is 11.4. The second-order valence-electron chi connectivity index (χ2n) is 9.13. The molecule has 1 aromatic heterocycles. The van der Waals surface area contributed by atoms with Crippen LogP contribution in [0.4, 0.5) is 0 Å². The van der Waals surface area contributed by atoms with Crippen molar-refractivity contribution in [2.45, 2.75) is 20.4 Å². The lowest BCUT2D eigenvalue weighted by Gasteiger charge is -2.27. The van der Waals surface area contributed by atoms with Crippen molar-refractivity contribution < 1.29 is 14.3 Å². The third-order valence-corrected chi connectivity index (χ3v) is 6.98. The van der Waals surface area contributed by atoms with Crippen molar-refractivity contribution in [1.82, 2.24) is 14.7 Å².